The smallest absolute Gasteiger partial charge is 0.171 e. The Labute approximate surface area is 124 Å². The Morgan fingerprint density at radius 1 is 1.29 bits per heavy atom. The van der Waals surface area contributed by atoms with Gasteiger partial charge in [-0.1, -0.05) is 0 Å². The fourth-order valence-corrected chi connectivity index (χ4v) is 3.00. The van der Waals surface area contributed by atoms with Gasteiger partial charge in [0.15, 0.2) is 5.78 Å². The summed E-state index contributed by atoms with van der Waals surface area (Å²) in [5.41, 5.74) is 0.521. The molecule has 2 aliphatic heterocycles. The molecular weight excluding hydrogens is 271 g/mol. The van der Waals surface area contributed by atoms with Gasteiger partial charge in [-0.3, -0.25) is 4.79 Å². The first-order valence-electron chi connectivity index (χ1n) is 7.51. The summed E-state index contributed by atoms with van der Waals surface area (Å²) in [6.45, 7) is 5.32. The molecule has 1 atom stereocenters. The molecule has 1 aromatic rings. The van der Waals surface area contributed by atoms with Crippen LogP contribution in [0.25, 0.3) is 0 Å². The Hall–Kier alpha value is -1.46. The van der Waals surface area contributed by atoms with E-state index in [2.05, 4.69) is 16.8 Å². The monoisotopic (exact) mass is 292 g/mol. The van der Waals surface area contributed by atoms with Crippen LogP contribution in [0.4, 0.5) is 4.39 Å². The van der Waals surface area contributed by atoms with Gasteiger partial charge in [-0.25, -0.2) is 4.39 Å². The molecule has 0 N–H and O–H groups in total. The highest BCUT2D eigenvalue weighted by atomic mass is 19.1. The quantitative estimate of drug-likeness (QED) is 0.830. The summed E-state index contributed by atoms with van der Waals surface area (Å²) in [4.78, 5) is 17.3. The third-order valence-corrected chi connectivity index (χ3v) is 4.38. The number of hydrogen-bond donors (Lipinski definition) is 0. The summed E-state index contributed by atoms with van der Waals surface area (Å²) in [5, 5.41) is 0. The zero-order chi connectivity index (χ0) is 14.8. The maximum atomic E-state index is 13.3. The minimum Gasteiger partial charge on any atom is -0.493 e. The number of fused-ring (bicyclic) bond motifs is 1. The van der Waals surface area contributed by atoms with Crippen LogP contribution in [-0.2, 0) is 0 Å². The third-order valence-electron chi connectivity index (χ3n) is 4.38. The molecule has 5 heteroatoms. The van der Waals surface area contributed by atoms with Crippen LogP contribution in [-0.4, -0.2) is 62.0 Å². The van der Waals surface area contributed by atoms with Gasteiger partial charge in [-0.2, -0.15) is 0 Å². The lowest BCUT2D eigenvalue weighted by atomic mass is 9.94. The highest BCUT2D eigenvalue weighted by molar-refractivity contribution is 6.00. The fourth-order valence-electron chi connectivity index (χ4n) is 3.00. The Balaban J connectivity index is 1.72. The number of rotatable bonds is 2. The van der Waals surface area contributed by atoms with Gasteiger partial charge < -0.3 is 14.5 Å². The summed E-state index contributed by atoms with van der Waals surface area (Å²) < 4.78 is 18.8. The van der Waals surface area contributed by atoms with Gasteiger partial charge in [0.2, 0.25) is 0 Å². The number of Topliss-reactive ketones (excluding diaryl/α,β-unsaturated/α-hetero) is 1. The predicted molar refractivity (Wildman–Crippen MR) is 78.3 cm³/mol. The van der Waals surface area contributed by atoms with Gasteiger partial charge in [0.05, 0.1) is 12.2 Å². The zero-order valence-corrected chi connectivity index (χ0v) is 12.3. The Morgan fingerprint density at radius 2 is 2.05 bits per heavy atom. The molecule has 0 saturated carbocycles. The molecule has 1 fully saturated rings. The van der Waals surface area contributed by atoms with Crippen LogP contribution in [0.1, 0.15) is 16.8 Å². The second kappa shape index (κ2) is 6.12. The highest BCUT2D eigenvalue weighted by Crippen LogP contribution is 2.28. The van der Waals surface area contributed by atoms with E-state index in [1.54, 1.807) is 6.07 Å². The van der Waals surface area contributed by atoms with Crippen molar-refractivity contribution in [1.29, 1.82) is 0 Å². The normalized spacial score (nSPS) is 24.3. The van der Waals surface area contributed by atoms with Gasteiger partial charge in [0.25, 0.3) is 0 Å². The van der Waals surface area contributed by atoms with Crippen molar-refractivity contribution in [3.05, 3.63) is 29.6 Å². The highest BCUT2D eigenvalue weighted by Gasteiger charge is 2.29. The molecule has 2 heterocycles. The van der Waals surface area contributed by atoms with Crippen molar-refractivity contribution in [2.75, 3.05) is 46.4 Å². The second-order valence-corrected chi connectivity index (χ2v) is 5.94. The van der Waals surface area contributed by atoms with Gasteiger partial charge in [-0.05, 0) is 25.6 Å². The summed E-state index contributed by atoms with van der Waals surface area (Å²) in [6.07, 6.45) is 0.696. The average molecular weight is 292 g/mol. The first kappa shape index (κ1) is 14.5. The molecule has 21 heavy (non-hydrogen) atoms. The molecule has 114 valence electrons. The summed E-state index contributed by atoms with van der Waals surface area (Å²) >= 11 is 0. The first-order valence-corrected chi connectivity index (χ1v) is 7.51. The van der Waals surface area contributed by atoms with E-state index in [1.807, 2.05) is 0 Å². The number of halogens is 1. The standard InChI is InChI=1S/C16H21FN2O2/c1-18-5-7-19(8-6-18)11-12-4-9-21-15-10-13(17)2-3-14(15)16(12)20/h2-3,10,12H,4-9,11H2,1H3. The molecule has 0 aliphatic carbocycles. The summed E-state index contributed by atoms with van der Waals surface area (Å²) in [7, 11) is 2.12. The van der Waals surface area contributed by atoms with Crippen molar-refractivity contribution >= 4 is 5.78 Å². The fraction of sp³-hybridized carbons (Fsp3) is 0.562. The van der Waals surface area contributed by atoms with Gasteiger partial charge in [0.1, 0.15) is 11.6 Å². The molecule has 0 aromatic heterocycles. The number of ether oxygens (including phenoxy) is 1. The lowest BCUT2D eigenvalue weighted by Crippen LogP contribution is -2.47. The molecule has 3 rings (SSSR count). The Morgan fingerprint density at radius 3 is 2.81 bits per heavy atom. The van der Waals surface area contributed by atoms with Crippen LogP contribution in [0.2, 0.25) is 0 Å². The van der Waals surface area contributed by atoms with Gasteiger partial charge in [0, 0.05) is 44.7 Å². The summed E-state index contributed by atoms with van der Waals surface area (Å²) in [6, 6.07) is 4.19. The molecule has 2 aliphatic rings. The Bertz CT molecular complexity index is 527. The molecule has 0 amide bonds. The van der Waals surface area contributed by atoms with E-state index in [0.717, 1.165) is 32.7 Å². The number of nitrogens with zero attached hydrogens (tertiary/aromatic N) is 2. The number of piperazine rings is 1. The minimum atomic E-state index is -0.362. The van der Waals surface area contributed by atoms with E-state index in [9.17, 15) is 9.18 Å². The number of carbonyl (C=O) groups is 1. The molecule has 4 nitrogen and oxygen atoms in total. The van der Waals surface area contributed by atoms with Crippen LogP contribution < -0.4 is 4.74 Å². The zero-order valence-electron chi connectivity index (χ0n) is 12.3. The van der Waals surface area contributed by atoms with Gasteiger partial charge >= 0.3 is 0 Å². The molecule has 1 aromatic carbocycles. The summed E-state index contributed by atoms with van der Waals surface area (Å²) in [5.74, 6) is 0.0569. The van der Waals surface area contributed by atoms with Crippen molar-refractivity contribution < 1.29 is 13.9 Å². The number of likely N-dealkylation sites (N-methyl/N-ethyl adjacent to an activating group) is 1. The van der Waals surface area contributed by atoms with Crippen molar-refractivity contribution in [1.82, 2.24) is 9.80 Å². The average Bonchev–Trinajstić information content (AvgIpc) is 2.61. The van der Waals surface area contributed by atoms with Crippen molar-refractivity contribution in [2.45, 2.75) is 6.42 Å². The topological polar surface area (TPSA) is 32.8 Å². The van der Waals surface area contributed by atoms with E-state index in [0.29, 0.717) is 24.3 Å². The van der Waals surface area contributed by atoms with E-state index < -0.39 is 0 Å². The minimum absolute atomic E-state index is 0.0554. The van der Waals surface area contributed by atoms with Crippen LogP contribution in [0, 0.1) is 11.7 Å². The molecule has 0 bridgehead atoms. The Kier molecular flexibility index (Phi) is 4.22. The second-order valence-electron chi connectivity index (χ2n) is 5.94. The lowest BCUT2D eigenvalue weighted by Gasteiger charge is -2.34. The number of carbonyl (C=O) groups excluding carboxylic acids is 1. The van der Waals surface area contributed by atoms with Crippen molar-refractivity contribution in [3.63, 3.8) is 0 Å². The number of ketones is 1. The maximum Gasteiger partial charge on any atom is 0.171 e. The lowest BCUT2D eigenvalue weighted by molar-refractivity contribution is 0.0825. The molecule has 0 radical (unpaired) electrons. The molecule has 1 saturated heterocycles. The van der Waals surface area contributed by atoms with Crippen molar-refractivity contribution in [2.24, 2.45) is 5.92 Å². The number of benzene rings is 1. The van der Waals surface area contributed by atoms with Gasteiger partial charge in [-0.15, -0.1) is 0 Å². The van der Waals surface area contributed by atoms with Crippen LogP contribution in [0.3, 0.4) is 0 Å². The molecule has 1 unspecified atom stereocenters. The molecular formula is C16H21FN2O2. The van der Waals surface area contributed by atoms with Crippen LogP contribution in [0.5, 0.6) is 5.75 Å². The maximum absolute atomic E-state index is 13.3. The number of hydrogen-bond acceptors (Lipinski definition) is 4. The third kappa shape index (κ3) is 3.24. The van der Waals surface area contributed by atoms with E-state index in [-0.39, 0.29) is 17.5 Å². The predicted octanol–water partition coefficient (Wildman–Crippen LogP) is 1.65. The van der Waals surface area contributed by atoms with Crippen molar-refractivity contribution in [3.8, 4) is 5.75 Å². The van der Waals surface area contributed by atoms with Crippen LogP contribution in [0.15, 0.2) is 18.2 Å². The largest absolute Gasteiger partial charge is 0.493 e. The van der Waals surface area contributed by atoms with E-state index in [4.69, 9.17) is 4.74 Å². The molecule has 0 spiro atoms. The van der Waals surface area contributed by atoms with E-state index in [1.165, 1.54) is 12.1 Å². The SMILES string of the molecule is CN1CCN(CC2CCOc3cc(F)ccc3C2=O)CC1. The van der Waals surface area contributed by atoms with E-state index >= 15 is 0 Å². The first-order chi connectivity index (χ1) is 10.1. The van der Waals surface area contributed by atoms with Crippen LogP contribution >= 0.6 is 0 Å².